The van der Waals surface area contributed by atoms with Gasteiger partial charge in [0.15, 0.2) is 0 Å². The van der Waals surface area contributed by atoms with Crippen molar-refractivity contribution in [2.45, 2.75) is 26.3 Å². The van der Waals surface area contributed by atoms with Crippen molar-refractivity contribution in [2.24, 2.45) is 0 Å². The van der Waals surface area contributed by atoms with E-state index in [9.17, 15) is 4.79 Å². The van der Waals surface area contributed by atoms with Crippen molar-refractivity contribution < 1.29 is 4.79 Å². The number of halogens is 2. The summed E-state index contributed by atoms with van der Waals surface area (Å²) in [7, 11) is 0. The third-order valence-electron chi connectivity index (χ3n) is 2.51. The first-order valence-corrected chi connectivity index (χ1v) is 5.56. The second-order valence-corrected chi connectivity index (χ2v) is 4.74. The van der Waals surface area contributed by atoms with Gasteiger partial charge in [-0.25, -0.2) is 0 Å². The number of hydrogen-bond donors (Lipinski definition) is 0. The van der Waals surface area contributed by atoms with E-state index in [1.807, 2.05) is 13.8 Å². The third kappa shape index (κ3) is 1.72. The molecule has 1 aliphatic heterocycles. The lowest BCUT2D eigenvalue weighted by atomic mass is 10.1. The molecule has 0 saturated carbocycles. The molecule has 1 aromatic carbocycles. The summed E-state index contributed by atoms with van der Waals surface area (Å²) < 4.78 is 0. The summed E-state index contributed by atoms with van der Waals surface area (Å²) in [6, 6.07) is 3.69. The second kappa shape index (κ2) is 3.69. The van der Waals surface area contributed by atoms with Crippen molar-refractivity contribution in [1.82, 2.24) is 0 Å². The van der Waals surface area contributed by atoms with E-state index in [4.69, 9.17) is 23.2 Å². The highest BCUT2D eigenvalue weighted by Gasteiger charge is 2.29. The Labute approximate surface area is 98.8 Å². The van der Waals surface area contributed by atoms with Gasteiger partial charge in [0.25, 0.3) is 0 Å². The van der Waals surface area contributed by atoms with Gasteiger partial charge in [0.1, 0.15) is 0 Å². The van der Waals surface area contributed by atoms with Gasteiger partial charge in [-0.3, -0.25) is 4.79 Å². The van der Waals surface area contributed by atoms with Crippen LogP contribution in [0.15, 0.2) is 12.1 Å². The van der Waals surface area contributed by atoms with Crippen LogP contribution >= 0.6 is 23.2 Å². The molecule has 80 valence electrons. The zero-order valence-corrected chi connectivity index (χ0v) is 10.1. The number of benzene rings is 1. The topological polar surface area (TPSA) is 20.3 Å². The molecule has 0 aromatic heterocycles. The van der Waals surface area contributed by atoms with Gasteiger partial charge in [0, 0.05) is 11.7 Å². The van der Waals surface area contributed by atoms with Crippen molar-refractivity contribution in [1.29, 1.82) is 0 Å². The number of nitrogens with zero attached hydrogens (tertiary/aromatic N) is 1. The van der Waals surface area contributed by atoms with Crippen LogP contribution in [0.25, 0.3) is 0 Å². The Morgan fingerprint density at radius 1 is 1.27 bits per heavy atom. The predicted molar refractivity (Wildman–Crippen MR) is 62.8 cm³/mol. The molecule has 0 aliphatic carbocycles. The Morgan fingerprint density at radius 3 is 2.47 bits per heavy atom. The van der Waals surface area contributed by atoms with Crippen molar-refractivity contribution in [2.75, 3.05) is 4.90 Å². The Bertz CT molecular complexity index is 429. The zero-order valence-electron chi connectivity index (χ0n) is 8.55. The quantitative estimate of drug-likeness (QED) is 0.742. The molecular formula is C11H11Cl2NO. The molecule has 0 N–H and O–H groups in total. The summed E-state index contributed by atoms with van der Waals surface area (Å²) >= 11 is 11.8. The standard InChI is InChI=1S/C11H11Cl2NO/c1-6(2)14-10-5-9(13)8(12)3-7(10)4-11(14)15/h3,5-6H,4H2,1-2H3. The zero-order chi connectivity index (χ0) is 11.2. The maximum atomic E-state index is 11.7. The van der Waals surface area contributed by atoms with Crippen LogP contribution in [0.2, 0.25) is 10.0 Å². The summed E-state index contributed by atoms with van der Waals surface area (Å²) in [4.78, 5) is 13.5. The van der Waals surface area contributed by atoms with E-state index < -0.39 is 0 Å². The molecule has 0 spiro atoms. The number of carbonyl (C=O) groups is 1. The van der Waals surface area contributed by atoms with E-state index in [0.29, 0.717) is 16.5 Å². The van der Waals surface area contributed by atoms with Crippen molar-refractivity contribution >= 4 is 34.8 Å². The van der Waals surface area contributed by atoms with Gasteiger partial charge in [-0.15, -0.1) is 0 Å². The minimum absolute atomic E-state index is 0.110. The molecule has 2 nitrogen and oxygen atoms in total. The number of amides is 1. The molecule has 1 heterocycles. The highest BCUT2D eigenvalue weighted by molar-refractivity contribution is 6.42. The molecule has 0 radical (unpaired) electrons. The smallest absolute Gasteiger partial charge is 0.231 e. The highest BCUT2D eigenvalue weighted by atomic mass is 35.5. The number of anilines is 1. The van der Waals surface area contributed by atoms with Crippen LogP contribution in [0.3, 0.4) is 0 Å². The summed E-state index contributed by atoms with van der Waals surface area (Å²) in [5, 5.41) is 1.00. The maximum absolute atomic E-state index is 11.7. The molecule has 1 aromatic rings. The first-order valence-electron chi connectivity index (χ1n) is 4.80. The number of rotatable bonds is 1. The van der Waals surface area contributed by atoms with Crippen molar-refractivity contribution in [3.05, 3.63) is 27.7 Å². The fourth-order valence-corrected chi connectivity index (χ4v) is 2.24. The summed E-state index contributed by atoms with van der Waals surface area (Å²) in [5.41, 5.74) is 1.85. The normalized spacial score (nSPS) is 15.0. The van der Waals surface area contributed by atoms with Gasteiger partial charge in [0.05, 0.1) is 16.5 Å². The van der Waals surface area contributed by atoms with Crippen LogP contribution in [0.1, 0.15) is 19.4 Å². The molecule has 0 bridgehead atoms. The number of hydrogen-bond acceptors (Lipinski definition) is 1. The van der Waals surface area contributed by atoms with Gasteiger partial charge >= 0.3 is 0 Å². The average Bonchev–Trinajstić information content (AvgIpc) is 2.41. The Kier molecular flexibility index (Phi) is 2.65. The van der Waals surface area contributed by atoms with Crippen LogP contribution in [0, 0.1) is 0 Å². The fraction of sp³-hybridized carbons (Fsp3) is 0.364. The molecule has 0 unspecified atom stereocenters. The highest BCUT2D eigenvalue weighted by Crippen LogP contribution is 2.36. The molecule has 1 aliphatic rings. The molecule has 2 rings (SSSR count). The average molecular weight is 244 g/mol. The summed E-state index contributed by atoms with van der Waals surface area (Å²) in [6.45, 7) is 3.96. The molecule has 0 fully saturated rings. The van der Waals surface area contributed by atoms with Crippen LogP contribution in [-0.2, 0) is 11.2 Å². The minimum Gasteiger partial charge on any atom is -0.309 e. The van der Waals surface area contributed by atoms with Crippen LogP contribution in [0.5, 0.6) is 0 Å². The van der Waals surface area contributed by atoms with Crippen LogP contribution in [-0.4, -0.2) is 11.9 Å². The number of fused-ring (bicyclic) bond motifs is 1. The Morgan fingerprint density at radius 2 is 1.87 bits per heavy atom. The van der Waals surface area contributed by atoms with Gasteiger partial charge in [-0.2, -0.15) is 0 Å². The van der Waals surface area contributed by atoms with E-state index in [-0.39, 0.29) is 11.9 Å². The monoisotopic (exact) mass is 243 g/mol. The van der Waals surface area contributed by atoms with Gasteiger partial charge in [0.2, 0.25) is 5.91 Å². The first kappa shape index (κ1) is 10.8. The summed E-state index contributed by atoms with van der Waals surface area (Å²) in [5.74, 6) is 0.110. The molecule has 15 heavy (non-hydrogen) atoms. The lowest BCUT2D eigenvalue weighted by Crippen LogP contribution is -2.33. The minimum atomic E-state index is 0.110. The number of carbonyl (C=O) groups excluding carboxylic acids is 1. The molecule has 4 heteroatoms. The molecule has 1 amide bonds. The van der Waals surface area contributed by atoms with Gasteiger partial charge in [-0.05, 0) is 31.5 Å². The largest absolute Gasteiger partial charge is 0.309 e. The van der Waals surface area contributed by atoms with E-state index in [0.717, 1.165) is 11.3 Å². The Hall–Kier alpha value is -0.730. The maximum Gasteiger partial charge on any atom is 0.231 e. The Balaban J connectivity index is 2.54. The molecule has 0 atom stereocenters. The van der Waals surface area contributed by atoms with Crippen LogP contribution in [0.4, 0.5) is 5.69 Å². The van der Waals surface area contributed by atoms with Gasteiger partial charge in [-0.1, -0.05) is 23.2 Å². The van der Waals surface area contributed by atoms with E-state index >= 15 is 0 Å². The fourth-order valence-electron chi connectivity index (χ4n) is 1.89. The predicted octanol–water partition coefficient (Wildman–Crippen LogP) is 3.29. The SMILES string of the molecule is CC(C)N1C(=O)Cc2cc(Cl)c(Cl)cc21. The van der Waals surface area contributed by atoms with Crippen molar-refractivity contribution in [3.63, 3.8) is 0 Å². The van der Waals surface area contributed by atoms with Gasteiger partial charge < -0.3 is 4.90 Å². The van der Waals surface area contributed by atoms with Crippen LogP contribution < -0.4 is 4.90 Å². The lowest BCUT2D eigenvalue weighted by Gasteiger charge is -2.22. The lowest BCUT2D eigenvalue weighted by molar-refractivity contribution is -0.117. The van der Waals surface area contributed by atoms with Crippen molar-refractivity contribution in [3.8, 4) is 0 Å². The summed E-state index contributed by atoms with van der Waals surface area (Å²) in [6.07, 6.45) is 0.421. The van der Waals surface area contributed by atoms with E-state index in [2.05, 4.69) is 0 Å². The van der Waals surface area contributed by atoms with E-state index in [1.165, 1.54) is 0 Å². The first-order chi connectivity index (χ1) is 7.00. The van der Waals surface area contributed by atoms with E-state index in [1.54, 1.807) is 17.0 Å². The third-order valence-corrected chi connectivity index (χ3v) is 3.23. The second-order valence-electron chi connectivity index (χ2n) is 3.93. The molecule has 0 saturated heterocycles. The molecular weight excluding hydrogens is 233 g/mol.